The normalized spacial score (nSPS) is 18.6. The summed E-state index contributed by atoms with van der Waals surface area (Å²) >= 11 is 0. The molecular formula is C13H17ClN2O4. The number of hydrogen-bond donors (Lipinski definition) is 0. The Balaban J connectivity index is 0.000000347. The lowest BCUT2D eigenvalue weighted by molar-refractivity contribution is -2.00. The van der Waals surface area contributed by atoms with Gasteiger partial charge in [0.2, 0.25) is 6.04 Å². The predicted molar refractivity (Wildman–Crippen MR) is 59.9 cm³/mol. The van der Waals surface area contributed by atoms with E-state index in [1.54, 1.807) is 0 Å². The van der Waals surface area contributed by atoms with Crippen LogP contribution in [0.1, 0.15) is 24.4 Å². The van der Waals surface area contributed by atoms with Gasteiger partial charge in [-0.05, 0) is 0 Å². The lowest BCUT2D eigenvalue weighted by Crippen LogP contribution is -2.68. The molecule has 1 aromatic rings. The van der Waals surface area contributed by atoms with Crippen molar-refractivity contribution in [3.05, 3.63) is 35.9 Å². The summed E-state index contributed by atoms with van der Waals surface area (Å²) in [6.07, 6.45) is 2.50. The summed E-state index contributed by atoms with van der Waals surface area (Å²) in [6, 6.07) is 12.6. The van der Waals surface area contributed by atoms with Crippen LogP contribution in [0.5, 0.6) is 0 Å². The van der Waals surface area contributed by atoms with E-state index in [0.29, 0.717) is 0 Å². The Kier molecular flexibility index (Phi) is 5.89. The topological polar surface area (TPSA) is 116 Å². The zero-order chi connectivity index (χ0) is 15.2. The molecule has 1 unspecified atom stereocenters. The fourth-order valence-corrected chi connectivity index (χ4v) is 2.53. The molecule has 0 bridgehead atoms. The van der Waals surface area contributed by atoms with Crippen LogP contribution in [-0.2, 0) is 0 Å². The molecule has 0 aliphatic carbocycles. The molecule has 0 N–H and O–H groups in total. The zero-order valence-corrected chi connectivity index (χ0v) is 12.0. The van der Waals surface area contributed by atoms with E-state index in [-0.39, 0.29) is 6.04 Å². The van der Waals surface area contributed by atoms with E-state index in [1.807, 2.05) is 18.2 Å². The number of likely N-dealkylation sites (tertiary alicyclic amines) is 1. The van der Waals surface area contributed by atoms with Crippen LogP contribution < -0.4 is 18.6 Å². The van der Waals surface area contributed by atoms with Crippen LogP contribution in [0.4, 0.5) is 0 Å². The third-order valence-electron chi connectivity index (χ3n) is 3.45. The second-order valence-corrected chi connectivity index (χ2v) is 5.71. The van der Waals surface area contributed by atoms with Gasteiger partial charge in [0.1, 0.15) is 6.07 Å². The average molecular weight is 301 g/mol. The number of benzene rings is 1. The Morgan fingerprint density at radius 3 is 1.95 bits per heavy atom. The quantitative estimate of drug-likeness (QED) is 0.571. The number of rotatable bonds is 2. The minimum Gasteiger partial charge on any atom is -0.308 e. The molecule has 1 aromatic carbocycles. The Morgan fingerprint density at radius 1 is 1.10 bits per heavy atom. The maximum atomic E-state index is 9.34. The number of hydrogen-bond acceptors (Lipinski definition) is 5. The van der Waals surface area contributed by atoms with Crippen molar-refractivity contribution in [2.45, 2.75) is 18.9 Å². The first-order chi connectivity index (χ1) is 9.26. The molecule has 0 saturated carbocycles. The van der Waals surface area contributed by atoms with Crippen LogP contribution in [0.15, 0.2) is 30.3 Å². The molecule has 0 radical (unpaired) electrons. The van der Waals surface area contributed by atoms with Crippen LogP contribution in [0.25, 0.3) is 0 Å². The zero-order valence-electron chi connectivity index (χ0n) is 11.2. The van der Waals surface area contributed by atoms with Crippen molar-refractivity contribution in [3.8, 4) is 6.07 Å². The van der Waals surface area contributed by atoms with Crippen LogP contribution in [-0.4, -0.2) is 24.6 Å². The van der Waals surface area contributed by atoms with Crippen molar-refractivity contribution in [2.24, 2.45) is 0 Å². The fraction of sp³-hybridized carbons (Fsp3) is 0.462. The van der Waals surface area contributed by atoms with Gasteiger partial charge >= 0.3 is 0 Å². The van der Waals surface area contributed by atoms with Crippen LogP contribution in [0.2, 0.25) is 0 Å². The Labute approximate surface area is 120 Å². The molecule has 1 saturated heterocycles. The predicted octanol–water partition coefficient (Wildman–Crippen LogP) is -2.26. The van der Waals surface area contributed by atoms with Gasteiger partial charge in [-0.3, -0.25) is 0 Å². The fourth-order valence-electron chi connectivity index (χ4n) is 2.53. The highest BCUT2D eigenvalue weighted by atomic mass is 35.7. The molecule has 1 aliphatic heterocycles. The summed E-state index contributed by atoms with van der Waals surface area (Å²) in [6.45, 7) is 2.26. The minimum atomic E-state index is -4.94. The average Bonchev–Trinajstić information content (AvgIpc) is 2.77. The minimum absolute atomic E-state index is 0.00806. The largest absolute Gasteiger partial charge is 0.308 e. The van der Waals surface area contributed by atoms with Gasteiger partial charge in [0.15, 0.2) is 0 Å². The molecule has 1 heterocycles. The van der Waals surface area contributed by atoms with E-state index in [0.717, 1.165) is 23.1 Å². The number of nitrogens with zero attached hydrogens (tertiary/aromatic N) is 2. The highest BCUT2D eigenvalue weighted by Gasteiger charge is 2.36. The maximum absolute atomic E-state index is 9.34. The molecule has 20 heavy (non-hydrogen) atoms. The van der Waals surface area contributed by atoms with Gasteiger partial charge < -0.3 is 4.48 Å². The number of halogens is 1. The van der Waals surface area contributed by atoms with Gasteiger partial charge in [-0.25, -0.2) is 18.6 Å². The summed E-state index contributed by atoms with van der Waals surface area (Å²) in [5, 5.41) is 9.34. The number of quaternary nitrogens is 1. The van der Waals surface area contributed by atoms with Crippen LogP contribution in [0.3, 0.4) is 0 Å². The van der Waals surface area contributed by atoms with Crippen molar-refractivity contribution in [2.75, 3.05) is 20.1 Å². The first-order valence-corrected chi connectivity index (χ1v) is 7.40. The summed E-state index contributed by atoms with van der Waals surface area (Å²) in [4.78, 5) is 0. The lowest BCUT2D eigenvalue weighted by atomic mass is 10.1. The van der Waals surface area contributed by atoms with Gasteiger partial charge in [-0.2, -0.15) is 5.26 Å². The van der Waals surface area contributed by atoms with Crippen LogP contribution in [0, 0.1) is 21.6 Å². The third kappa shape index (κ3) is 5.43. The van der Waals surface area contributed by atoms with E-state index < -0.39 is 10.2 Å². The van der Waals surface area contributed by atoms with Gasteiger partial charge in [-0.1, -0.05) is 30.3 Å². The molecule has 1 fully saturated rings. The highest BCUT2D eigenvalue weighted by Crippen LogP contribution is 2.31. The molecule has 1 aliphatic rings. The van der Waals surface area contributed by atoms with E-state index in [2.05, 4.69) is 25.2 Å². The Hall–Kier alpha value is -1.20. The van der Waals surface area contributed by atoms with Gasteiger partial charge in [0.25, 0.3) is 0 Å². The monoisotopic (exact) mass is 300 g/mol. The molecule has 0 amide bonds. The third-order valence-corrected chi connectivity index (χ3v) is 3.45. The maximum Gasteiger partial charge on any atom is 0.202 e. The molecule has 6 nitrogen and oxygen atoms in total. The molecular weight excluding hydrogens is 284 g/mol. The summed E-state index contributed by atoms with van der Waals surface area (Å²) in [5.41, 5.74) is 1.16. The molecule has 2 rings (SSSR count). The second kappa shape index (κ2) is 6.99. The summed E-state index contributed by atoms with van der Waals surface area (Å²) in [7, 11) is -2.74. The molecule has 0 spiro atoms. The van der Waals surface area contributed by atoms with Crippen LogP contribution >= 0.6 is 0 Å². The molecule has 110 valence electrons. The van der Waals surface area contributed by atoms with E-state index in [1.165, 1.54) is 12.8 Å². The Morgan fingerprint density at radius 2 is 1.55 bits per heavy atom. The summed E-state index contributed by atoms with van der Waals surface area (Å²) in [5.74, 6) is 0. The SMILES string of the molecule is C[N+]1(C(C#N)c2ccccc2)CCCC1.[O-][Cl+3]([O-])([O-])[O-]. The van der Waals surface area contributed by atoms with Gasteiger partial charge in [0, 0.05) is 18.4 Å². The van der Waals surface area contributed by atoms with E-state index in [4.69, 9.17) is 18.6 Å². The highest BCUT2D eigenvalue weighted by molar-refractivity contribution is 5.22. The second-order valence-electron chi connectivity index (χ2n) is 4.95. The molecule has 0 aromatic heterocycles. The molecule has 7 heteroatoms. The van der Waals surface area contributed by atoms with Crippen molar-refractivity contribution in [1.82, 2.24) is 0 Å². The van der Waals surface area contributed by atoms with Gasteiger partial charge in [0.05, 0.1) is 20.1 Å². The van der Waals surface area contributed by atoms with Gasteiger partial charge in [-0.15, -0.1) is 10.2 Å². The standard InChI is InChI=1S/C13H17N2.ClHO4/c1-15(9-5-6-10-15)13(11-14)12-7-3-2-4-8-12;2-1(3,4)5/h2-4,7-8,13H,5-6,9-10H2,1H3;(H,2,3,4,5)/q+1;/p-1. The van der Waals surface area contributed by atoms with Crippen molar-refractivity contribution >= 4 is 0 Å². The first-order valence-electron chi connectivity index (χ1n) is 6.17. The molecule has 1 atom stereocenters. The van der Waals surface area contributed by atoms with Crippen molar-refractivity contribution in [3.63, 3.8) is 0 Å². The van der Waals surface area contributed by atoms with E-state index >= 15 is 0 Å². The lowest BCUT2D eigenvalue weighted by Gasteiger charge is -2.33. The first kappa shape index (κ1) is 16.9. The van der Waals surface area contributed by atoms with Crippen molar-refractivity contribution < 1.29 is 33.4 Å². The number of nitriles is 1. The van der Waals surface area contributed by atoms with Crippen molar-refractivity contribution in [1.29, 1.82) is 5.26 Å². The van der Waals surface area contributed by atoms with E-state index in [9.17, 15) is 5.26 Å². The summed E-state index contributed by atoms with van der Waals surface area (Å²) < 4.78 is 34.9. The Bertz CT molecular complexity index is 444. The smallest absolute Gasteiger partial charge is 0.202 e.